The highest BCUT2D eigenvalue weighted by Crippen LogP contribution is 2.20. The number of nitrogens with one attached hydrogen (secondary N) is 1. The summed E-state index contributed by atoms with van der Waals surface area (Å²) in [4.78, 5) is 17.2. The van der Waals surface area contributed by atoms with Crippen molar-refractivity contribution in [1.82, 2.24) is 34.8 Å². The number of aryl methyl sites for hydroxylation is 4. The van der Waals surface area contributed by atoms with Gasteiger partial charge in [0.25, 0.3) is 0 Å². The molecular weight excluding hydrogens is 368 g/mol. The van der Waals surface area contributed by atoms with Gasteiger partial charge < -0.3 is 5.32 Å². The summed E-state index contributed by atoms with van der Waals surface area (Å²) < 4.78 is 3.42. The third-order valence-corrected chi connectivity index (χ3v) is 4.98. The molecule has 0 atom stereocenters. The number of nitrogens with zero attached hydrogens (tertiary/aromatic N) is 7. The second kappa shape index (κ2) is 7.42. The minimum Gasteiger partial charge on any atom is -0.326 e. The summed E-state index contributed by atoms with van der Waals surface area (Å²) in [6.07, 6.45) is 2.47. The molecule has 4 aromatic rings. The van der Waals surface area contributed by atoms with E-state index < -0.39 is 0 Å². The second-order valence-electron chi connectivity index (χ2n) is 7.12. The molecule has 29 heavy (non-hydrogen) atoms. The molecule has 0 fully saturated rings. The molecule has 0 unspecified atom stereocenters. The van der Waals surface area contributed by atoms with E-state index in [9.17, 15) is 4.79 Å². The molecule has 0 saturated carbocycles. The zero-order valence-electron chi connectivity index (χ0n) is 16.8. The van der Waals surface area contributed by atoms with Crippen LogP contribution in [0.4, 0.5) is 5.69 Å². The number of tetrazole rings is 1. The number of hydrogen-bond donors (Lipinski definition) is 1. The highest BCUT2D eigenvalue weighted by molar-refractivity contribution is 5.91. The summed E-state index contributed by atoms with van der Waals surface area (Å²) in [5.41, 5.74) is 7.29. The number of carbonyl (C=O) groups excluding carboxylic acids is 1. The molecule has 0 aliphatic rings. The Hall–Kier alpha value is -3.62. The van der Waals surface area contributed by atoms with E-state index in [-0.39, 0.29) is 5.91 Å². The molecule has 0 spiro atoms. The Kier molecular flexibility index (Phi) is 4.79. The van der Waals surface area contributed by atoms with Crippen molar-refractivity contribution in [2.75, 3.05) is 5.32 Å². The zero-order chi connectivity index (χ0) is 20.5. The van der Waals surface area contributed by atoms with Crippen molar-refractivity contribution in [3.8, 4) is 5.69 Å². The highest BCUT2D eigenvalue weighted by atomic mass is 16.1. The van der Waals surface area contributed by atoms with Gasteiger partial charge >= 0.3 is 0 Å². The Morgan fingerprint density at radius 1 is 1.14 bits per heavy atom. The van der Waals surface area contributed by atoms with E-state index in [0.717, 1.165) is 39.5 Å². The van der Waals surface area contributed by atoms with Crippen molar-refractivity contribution in [2.24, 2.45) is 0 Å². The molecule has 3 heterocycles. The molecule has 9 nitrogen and oxygen atoms in total. The van der Waals surface area contributed by atoms with Gasteiger partial charge in [-0.3, -0.25) is 4.79 Å². The van der Waals surface area contributed by atoms with Crippen LogP contribution in [0.3, 0.4) is 0 Å². The third-order valence-electron chi connectivity index (χ3n) is 4.98. The first kappa shape index (κ1) is 18.7. The highest BCUT2D eigenvalue weighted by Gasteiger charge is 2.13. The number of hydrogen-bond acceptors (Lipinski definition) is 6. The summed E-state index contributed by atoms with van der Waals surface area (Å²) in [5, 5.41) is 18.7. The minimum atomic E-state index is -0.0629. The maximum atomic E-state index is 12.6. The van der Waals surface area contributed by atoms with Crippen LogP contribution >= 0.6 is 0 Å². The van der Waals surface area contributed by atoms with E-state index in [1.807, 2.05) is 56.5 Å². The quantitative estimate of drug-likeness (QED) is 0.562. The fraction of sp³-hybridized carbons (Fsp3) is 0.300. The SMILES string of the molecule is Cc1cc2nc(C)c(CCC(=O)Nc3ccc(C)c(-n4cnnn4)c3)c(C)n2n1. The van der Waals surface area contributed by atoms with Gasteiger partial charge in [0, 0.05) is 29.6 Å². The summed E-state index contributed by atoms with van der Waals surface area (Å²) in [7, 11) is 0. The molecule has 0 radical (unpaired) electrons. The molecular formula is C20H22N8O. The van der Waals surface area contributed by atoms with Crippen LogP contribution in [-0.2, 0) is 11.2 Å². The summed E-state index contributed by atoms with van der Waals surface area (Å²) in [6, 6.07) is 7.62. The standard InChI is InChI=1S/C20H22N8O/c1-12-5-6-16(10-18(12)27-11-21-25-26-27)23-20(29)8-7-17-14(3)22-19-9-13(2)24-28(19)15(17)4/h5-6,9-11H,7-8H2,1-4H3,(H,23,29). The molecule has 0 aliphatic heterocycles. The maximum Gasteiger partial charge on any atom is 0.224 e. The average Bonchev–Trinajstić information content (AvgIpc) is 3.32. The van der Waals surface area contributed by atoms with E-state index in [1.54, 1.807) is 4.68 Å². The molecule has 0 aliphatic carbocycles. The van der Waals surface area contributed by atoms with Gasteiger partial charge in [-0.25, -0.2) is 14.2 Å². The van der Waals surface area contributed by atoms with Crippen LogP contribution in [0.5, 0.6) is 0 Å². The van der Waals surface area contributed by atoms with Crippen LogP contribution in [0.15, 0.2) is 30.6 Å². The average molecular weight is 390 g/mol. The fourth-order valence-corrected chi connectivity index (χ4v) is 3.47. The lowest BCUT2D eigenvalue weighted by Gasteiger charge is -2.12. The van der Waals surface area contributed by atoms with E-state index in [1.165, 1.54) is 6.33 Å². The molecule has 1 aromatic carbocycles. The largest absolute Gasteiger partial charge is 0.326 e. The lowest BCUT2D eigenvalue weighted by molar-refractivity contribution is -0.116. The van der Waals surface area contributed by atoms with Crippen LogP contribution in [0, 0.1) is 27.7 Å². The van der Waals surface area contributed by atoms with Gasteiger partial charge in [-0.05, 0) is 67.8 Å². The predicted molar refractivity (Wildman–Crippen MR) is 108 cm³/mol. The molecule has 1 amide bonds. The Bertz CT molecular complexity index is 1190. The van der Waals surface area contributed by atoms with E-state index in [4.69, 9.17) is 0 Å². The number of amides is 1. The number of anilines is 1. The van der Waals surface area contributed by atoms with Gasteiger partial charge in [0.2, 0.25) is 5.91 Å². The Morgan fingerprint density at radius 3 is 2.72 bits per heavy atom. The molecule has 3 aromatic heterocycles. The van der Waals surface area contributed by atoms with Crippen LogP contribution < -0.4 is 5.32 Å². The molecule has 0 saturated heterocycles. The smallest absolute Gasteiger partial charge is 0.224 e. The first-order chi connectivity index (χ1) is 13.9. The Labute approximate surface area is 167 Å². The van der Waals surface area contributed by atoms with E-state index in [0.29, 0.717) is 18.5 Å². The fourth-order valence-electron chi connectivity index (χ4n) is 3.47. The lowest BCUT2D eigenvalue weighted by atomic mass is 10.1. The lowest BCUT2D eigenvalue weighted by Crippen LogP contribution is -2.14. The normalized spacial score (nSPS) is 11.2. The van der Waals surface area contributed by atoms with E-state index in [2.05, 4.69) is 30.9 Å². The summed E-state index contributed by atoms with van der Waals surface area (Å²) in [5.74, 6) is -0.0629. The van der Waals surface area contributed by atoms with Gasteiger partial charge in [0.1, 0.15) is 6.33 Å². The Balaban J connectivity index is 1.49. The second-order valence-corrected chi connectivity index (χ2v) is 7.12. The zero-order valence-corrected chi connectivity index (χ0v) is 16.8. The number of benzene rings is 1. The maximum absolute atomic E-state index is 12.6. The van der Waals surface area contributed by atoms with Crippen molar-refractivity contribution in [1.29, 1.82) is 0 Å². The van der Waals surface area contributed by atoms with Crippen molar-refractivity contribution in [3.63, 3.8) is 0 Å². The number of aromatic nitrogens is 7. The van der Waals surface area contributed by atoms with Crippen LogP contribution in [0.25, 0.3) is 11.3 Å². The molecule has 0 bridgehead atoms. The molecule has 9 heteroatoms. The van der Waals surface area contributed by atoms with Crippen molar-refractivity contribution >= 4 is 17.2 Å². The van der Waals surface area contributed by atoms with E-state index >= 15 is 0 Å². The van der Waals surface area contributed by atoms with Gasteiger partial charge in [0.05, 0.1) is 11.4 Å². The van der Waals surface area contributed by atoms with Crippen LogP contribution in [-0.4, -0.2) is 40.7 Å². The molecule has 4 rings (SSSR count). The molecule has 1 N–H and O–H groups in total. The summed E-state index contributed by atoms with van der Waals surface area (Å²) >= 11 is 0. The van der Waals surface area contributed by atoms with Crippen molar-refractivity contribution in [3.05, 3.63) is 58.8 Å². The molecule has 148 valence electrons. The van der Waals surface area contributed by atoms with Gasteiger partial charge in [0.15, 0.2) is 5.65 Å². The van der Waals surface area contributed by atoms with Crippen LogP contribution in [0.2, 0.25) is 0 Å². The summed E-state index contributed by atoms with van der Waals surface area (Å²) in [6.45, 7) is 7.90. The van der Waals surface area contributed by atoms with Crippen molar-refractivity contribution in [2.45, 2.75) is 40.5 Å². The predicted octanol–water partition coefficient (Wildman–Crippen LogP) is 2.51. The minimum absolute atomic E-state index is 0.0629. The first-order valence-corrected chi connectivity index (χ1v) is 9.38. The third kappa shape index (κ3) is 3.71. The number of carbonyl (C=O) groups is 1. The first-order valence-electron chi connectivity index (χ1n) is 9.38. The monoisotopic (exact) mass is 390 g/mol. The van der Waals surface area contributed by atoms with Gasteiger partial charge in [-0.2, -0.15) is 5.10 Å². The van der Waals surface area contributed by atoms with Gasteiger partial charge in [-0.15, -0.1) is 5.10 Å². The van der Waals surface area contributed by atoms with Crippen molar-refractivity contribution < 1.29 is 4.79 Å². The van der Waals surface area contributed by atoms with Crippen LogP contribution in [0.1, 0.15) is 34.6 Å². The number of fused-ring (bicyclic) bond motifs is 1. The topological polar surface area (TPSA) is 103 Å². The number of rotatable bonds is 5. The Morgan fingerprint density at radius 2 is 1.97 bits per heavy atom. The van der Waals surface area contributed by atoms with Gasteiger partial charge in [-0.1, -0.05) is 6.07 Å².